The largest absolute Gasteiger partial charge is 0.206 e. The Balaban J connectivity index is 3.17. The Labute approximate surface area is 89.3 Å². The molecular weight excluding hydrogens is 253 g/mol. The normalized spacial score (nSPS) is 11.2. The summed E-state index contributed by atoms with van der Waals surface area (Å²) in [5.41, 5.74) is 0. The minimum Gasteiger partial charge on any atom is -0.206 e. The van der Waals surface area contributed by atoms with Crippen molar-refractivity contribution in [2.45, 2.75) is 0 Å². The van der Waals surface area contributed by atoms with Gasteiger partial charge in [-0.1, -0.05) is 0 Å². The van der Waals surface area contributed by atoms with Crippen molar-refractivity contribution in [3.05, 3.63) is 46.8 Å². The van der Waals surface area contributed by atoms with Gasteiger partial charge in [0.25, 0.3) is 0 Å². The molecule has 0 aliphatic heterocycles. The molecule has 0 heterocycles. The van der Waals surface area contributed by atoms with E-state index in [2.05, 4.69) is 0 Å². The Hall–Kier alpha value is -1.79. The fourth-order valence-corrected chi connectivity index (χ4v) is 1.43. The second-order valence-corrected chi connectivity index (χ2v) is 3.16. The van der Waals surface area contributed by atoms with Crippen LogP contribution in [0, 0.1) is 40.7 Å². The van der Waals surface area contributed by atoms with E-state index in [4.69, 9.17) is 0 Å². The molecule has 2 aromatic carbocycles. The van der Waals surface area contributed by atoms with Crippen molar-refractivity contribution in [3.8, 4) is 0 Å². The van der Waals surface area contributed by atoms with Gasteiger partial charge in [0.2, 0.25) is 0 Å². The quantitative estimate of drug-likeness (QED) is 0.381. The predicted octanol–water partition coefficient (Wildman–Crippen LogP) is 3.81. The Kier molecular flexibility index (Phi) is 2.48. The predicted molar refractivity (Wildman–Crippen MR) is 43.7 cm³/mol. The lowest BCUT2D eigenvalue weighted by molar-refractivity contribution is 0.412. The van der Waals surface area contributed by atoms with Gasteiger partial charge in [-0.2, -0.15) is 0 Å². The second-order valence-electron chi connectivity index (χ2n) is 3.16. The number of halogens is 7. The lowest BCUT2D eigenvalue weighted by Crippen LogP contribution is -2.03. The third kappa shape index (κ3) is 1.45. The van der Waals surface area contributed by atoms with Crippen molar-refractivity contribution in [3.63, 3.8) is 0 Å². The van der Waals surface area contributed by atoms with Crippen molar-refractivity contribution >= 4 is 10.8 Å². The van der Waals surface area contributed by atoms with Crippen molar-refractivity contribution in [2.75, 3.05) is 0 Å². The van der Waals surface area contributed by atoms with Gasteiger partial charge in [0.1, 0.15) is 5.82 Å². The highest BCUT2D eigenvalue weighted by Gasteiger charge is 2.26. The van der Waals surface area contributed by atoms with Crippen LogP contribution in [0.3, 0.4) is 0 Å². The minimum atomic E-state index is -2.33. The van der Waals surface area contributed by atoms with Crippen molar-refractivity contribution < 1.29 is 30.7 Å². The van der Waals surface area contributed by atoms with Crippen molar-refractivity contribution in [1.82, 2.24) is 0 Å². The molecule has 0 aliphatic rings. The van der Waals surface area contributed by atoms with E-state index in [1.165, 1.54) is 0 Å². The highest BCUT2D eigenvalue weighted by Crippen LogP contribution is 2.31. The molecule has 7 heteroatoms. The summed E-state index contributed by atoms with van der Waals surface area (Å²) in [6, 6.07) is -0.0858. The smallest absolute Gasteiger partial charge is 0.198 e. The SMILES string of the molecule is Fc1cc(F)c2c(F)c(F)c(F)c(F)c2c1F. The minimum absolute atomic E-state index is 0.0858. The zero-order valence-electron chi connectivity index (χ0n) is 7.72. The van der Waals surface area contributed by atoms with E-state index in [0.29, 0.717) is 0 Å². The van der Waals surface area contributed by atoms with Crippen LogP contribution in [0.4, 0.5) is 30.7 Å². The Bertz CT molecular complexity index is 633. The monoisotopic (exact) mass is 254 g/mol. The molecule has 0 bridgehead atoms. The van der Waals surface area contributed by atoms with Crippen molar-refractivity contribution in [2.24, 2.45) is 0 Å². The summed E-state index contributed by atoms with van der Waals surface area (Å²) in [7, 11) is 0. The highest BCUT2D eigenvalue weighted by atomic mass is 19.2. The van der Waals surface area contributed by atoms with Gasteiger partial charge in [0.15, 0.2) is 34.9 Å². The fraction of sp³-hybridized carbons (Fsp3) is 0. The molecule has 0 spiro atoms. The topological polar surface area (TPSA) is 0 Å². The molecule has 0 saturated carbocycles. The molecule has 0 aromatic heterocycles. The number of benzene rings is 2. The first kappa shape index (κ1) is 11.7. The molecule has 0 atom stereocenters. The maximum Gasteiger partial charge on any atom is 0.198 e. The summed E-state index contributed by atoms with van der Waals surface area (Å²) in [4.78, 5) is 0. The fourth-order valence-electron chi connectivity index (χ4n) is 1.43. The first-order valence-corrected chi connectivity index (χ1v) is 4.15. The van der Waals surface area contributed by atoms with Crippen LogP contribution in [-0.4, -0.2) is 0 Å². The molecule has 2 aromatic rings. The van der Waals surface area contributed by atoms with Gasteiger partial charge < -0.3 is 0 Å². The maximum atomic E-state index is 13.1. The van der Waals surface area contributed by atoms with Gasteiger partial charge in [-0.05, 0) is 0 Å². The van der Waals surface area contributed by atoms with Crippen LogP contribution >= 0.6 is 0 Å². The lowest BCUT2D eigenvalue weighted by Gasteiger charge is -2.07. The molecule has 2 rings (SSSR count). The second kappa shape index (κ2) is 3.61. The van der Waals surface area contributed by atoms with Gasteiger partial charge in [0, 0.05) is 6.07 Å². The van der Waals surface area contributed by atoms with Gasteiger partial charge >= 0.3 is 0 Å². The van der Waals surface area contributed by atoms with Gasteiger partial charge in [-0.3, -0.25) is 0 Å². The third-order valence-electron chi connectivity index (χ3n) is 2.19. The molecule has 0 aliphatic carbocycles. The number of fused-ring (bicyclic) bond motifs is 1. The summed E-state index contributed by atoms with van der Waals surface area (Å²) in [6.45, 7) is 0. The summed E-state index contributed by atoms with van der Waals surface area (Å²) < 4.78 is 90.6. The third-order valence-corrected chi connectivity index (χ3v) is 2.19. The number of hydrogen-bond acceptors (Lipinski definition) is 0. The van der Waals surface area contributed by atoms with Gasteiger partial charge in [-0.15, -0.1) is 0 Å². The van der Waals surface area contributed by atoms with Gasteiger partial charge in [0.05, 0.1) is 10.8 Å². The molecular formula is C10HF7. The van der Waals surface area contributed by atoms with Gasteiger partial charge in [-0.25, -0.2) is 30.7 Å². The number of hydrogen-bond donors (Lipinski definition) is 0. The molecule has 17 heavy (non-hydrogen) atoms. The first-order valence-electron chi connectivity index (χ1n) is 4.15. The summed E-state index contributed by atoms with van der Waals surface area (Å²) in [5.74, 6) is -14.5. The Morgan fingerprint density at radius 1 is 0.471 bits per heavy atom. The van der Waals surface area contributed by atoms with Crippen LogP contribution in [0.15, 0.2) is 6.07 Å². The molecule has 0 unspecified atom stereocenters. The molecule has 0 saturated heterocycles. The zero-order chi connectivity index (χ0) is 12.9. The zero-order valence-corrected chi connectivity index (χ0v) is 7.72. The Morgan fingerprint density at radius 2 is 0.941 bits per heavy atom. The molecule has 0 N–H and O–H groups in total. The first-order chi connectivity index (χ1) is 7.86. The molecule has 0 amide bonds. The lowest BCUT2D eigenvalue weighted by atomic mass is 10.1. The van der Waals surface area contributed by atoms with E-state index in [1.54, 1.807) is 0 Å². The summed E-state index contributed by atoms with van der Waals surface area (Å²) in [6.07, 6.45) is 0. The van der Waals surface area contributed by atoms with Crippen LogP contribution in [0.5, 0.6) is 0 Å². The van der Waals surface area contributed by atoms with Crippen LogP contribution in [0.25, 0.3) is 10.8 Å². The number of rotatable bonds is 0. The van der Waals surface area contributed by atoms with E-state index in [-0.39, 0.29) is 6.07 Å². The van der Waals surface area contributed by atoms with E-state index >= 15 is 0 Å². The standard InChI is InChI=1S/C10HF7/c11-2-1-3(12)6(13)5-4(2)7(14)9(16)10(17)8(5)15/h1H. The highest BCUT2D eigenvalue weighted by molar-refractivity contribution is 5.85. The summed E-state index contributed by atoms with van der Waals surface area (Å²) >= 11 is 0. The summed E-state index contributed by atoms with van der Waals surface area (Å²) in [5, 5.41) is -3.07. The van der Waals surface area contributed by atoms with E-state index in [1.807, 2.05) is 0 Å². The van der Waals surface area contributed by atoms with Crippen molar-refractivity contribution in [1.29, 1.82) is 0 Å². The van der Waals surface area contributed by atoms with Crippen LogP contribution in [-0.2, 0) is 0 Å². The maximum absolute atomic E-state index is 13.1. The average Bonchev–Trinajstić information content (AvgIpc) is 2.28. The molecule has 0 radical (unpaired) electrons. The average molecular weight is 254 g/mol. The van der Waals surface area contributed by atoms with E-state index < -0.39 is 51.5 Å². The Morgan fingerprint density at radius 3 is 1.47 bits per heavy atom. The van der Waals surface area contributed by atoms with E-state index in [9.17, 15) is 30.7 Å². The van der Waals surface area contributed by atoms with Crippen LogP contribution in [0.2, 0.25) is 0 Å². The van der Waals surface area contributed by atoms with Crippen LogP contribution in [0.1, 0.15) is 0 Å². The van der Waals surface area contributed by atoms with Crippen LogP contribution < -0.4 is 0 Å². The molecule has 0 fully saturated rings. The molecule has 90 valence electrons. The molecule has 0 nitrogen and oxygen atoms in total. The van der Waals surface area contributed by atoms with E-state index in [0.717, 1.165) is 0 Å².